The van der Waals surface area contributed by atoms with Crippen molar-refractivity contribution in [2.24, 2.45) is 5.92 Å². The Balaban J connectivity index is 1.78. The summed E-state index contributed by atoms with van der Waals surface area (Å²) >= 11 is 1.18. The van der Waals surface area contributed by atoms with Gasteiger partial charge >= 0.3 is 6.03 Å². The van der Waals surface area contributed by atoms with Crippen molar-refractivity contribution in [3.05, 3.63) is 6.20 Å². The second-order valence-corrected chi connectivity index (χ2v) is 4.76. The summed E-state index contributed by atoms with van der Waals surface area (Å²) < 4.78 is 9.07. The lowest BCUT2D eigenvalue weighted by atomic mass is 10.1. The van der Waals surface area contributed by atoms with Crippen LogP contribution in [-0.4, -0.2) is 46.8 Å². The van der Waals surface area contributed by atoms with Gasteiger partial charge in [0.15, 0.2) is 0 Å². The fourth-order valence-electron chi connectivity index (χ4n) is 1.84. The molecule has 0 aliphatic carbocycles. The van der Waals surface area contributed by atoms with Crippen LogP contribution in [0.2, 0.25) is 0 Å². The van der Waals surface area contributed by atoms with Gasteiger partial charge in [0.1, 0.15) is 5.00 Å². The predicted octanol–water partition coefficient (Wildman–Crippen LogP) is 1.43. The number of hydrogen-bond acceptors (Lipinski definition) is 5. The van der Waals surface area contributed by atoms with Gasteiger partial charge in [0.2, 0.25) is 0 Å². The minimum Gasteiger partial charge on any atom is -0.381 e. The SMILES string of the molecule is CCOCC1CCN(C(=O)Nc2cnns2)C1. The zero-order valence-electron chi connectivity index (χ0n) is 9.76. The van der Waals surface area contributed by atoms with E-state index in [-0.39, 0.29) is 6.03 Å². The van der Waals surface area contributed by atoms with Gasteiger partial charge in [0.25, 0.3) is 0 Å². The Morgan fingerprint density at radius 1 is 1.76 bits per heavy atom. The summed E-state index contributed by atoms with van der Waals surface area (Å²) in [6.45, 7) is 5.00. The molecule has 1 atom stereocenters. The molecule has 0 bridgehead atoms. The van der Waals surface area contributed by atoms with E-state index in [1.54, 1.807) is 6.20 Å². The molecular formula is C10H16N4O2S. The van der Waals surface area contributed by atoms with Crippen molar-refractivity contribution < 1.29 is 9.53 Å². The van der Waals surface area contributed by atoms with Crippen molar-refractivity contribution in [1.29, 1.82) is 0 Å². The Bertz CT molecular complexity index is 357. The summed E-state index contributed by atoms with van der Waals surface area (Å²) in [7, 11) is 0. The first-order chi connectivity index (χ1) is 8.29. The Morgan fingerprint density at radius 2 is 2.65 bits per heavy atom. The van der Waals surface area contributed by atoms with Gasteiger partial charge in [-0.3, -0.25) is 5.32 Å². The third kappa shape index (κ3) is 3.37. The summed E-state index contributed by atoms with van der Waals surface area (Å²) in [6.07, 6.45) is 2.56. The molecule has 0 spiro atoms. The summed E-state index contributed by atoms with van der Waals surface area (Å²) in [5.74, 6) is 0.459. The quantitative estimate of drug-likeness (QED) is 0.885. The molecule has 1 N–H and O–H groups in total. The lowest BCUT2D eigenvalue weighted by Gasteiger charge is -2.16. The maximum atomic E-state index is 11.9. The number of nitrogens with one attached hydrogen (secondary N) is 1. The zero-order chi connectivity index (χ0) is 12.1. The molecule has 1 aromatic rings. The number of ether oxygens (including phenoxy) is 1. The van der Waals surface area contributed by atoms with Crippen LogP contribution in [0.15, 0.2) is 6.20 Å². The fourth-order valence-corrected chi connectivity index (χ4v) is 2.25. The van der Waals surface area contributed by atoms with Crippen LogP contribution in [0.5, 0.6) is 0 Å². The van der Waals surface area contributed by atoms with Gasteiger partial charge < -0.3 is 9.64 Å². The predicted molar refractivity (Wildman–Crippen MR) is 65.1 cm³/mol. The van der Waals surface area contributed by atoms with E-state index in [0.717, 1.165) is 32.7 Å². The average Bonchev–Trinajstić information content (AvgIpc) is 2.96. The highest BCUT2D eigenvalue weighted by Crippen LogP contribution is 2.18. The number of amides is 2. The third-order valence-corrected chi connectivity index (χ3v) is 3.30. The van der Waals surface area contributed by atoms with Gasteiger partial charge in [-0.2, -0.15) is 0 Å². The van der Waals surface area contributed by atoms with Crippen molar-refractivity contribution >= 4 is 22.6 Å². The molecule has 2 amide bonds. The molecule has 0 aromatic carbocycles. The van der Waals surface area contributed by atoms with Crippen molar-refractivity contribution in [3.63, 3.8) is 0 Å². The van der Waals surface area contributed by atoms with Crippen molar-refractivity contribution in [2.45, 2.75) is 13.3 Å². The normalized spacial score (nSPS) is 19.6. The number of hydrogen-bond donors (Lipinski definition) is 1. The molecule has 1 saturated heterocycles. The van der Waals surface area contributed by atoms with E-state index in [2.05, 4.69) is 14.9 Å². The number of aromatic nitrogens is 2. The van der Waals surface area contributed by atoms with Gasteiger partial charge in [-0.15, -0.1) is 5.10 Å². The lowest BCUT2D eigenvalue weighted by Crippen LogP contribution is -2.33. The zero-order valence-corrected chi connectivity index (χ0v) is 10.6. The van der Waals surface area contributed by atoms with E-state index < -0.39 is 0 Å². The van der Waals surface area contributed by atoms with E-state index in [1.807, 2.05) is 11.8 Å². The maximum absolute atomic E-state index is 11.9. The van der Waals surface area contributed by atoms with Crippen LogP contribution in [0.3, 0.4) is 0 Å². The van der Waals surface area contributed by atoms with Crippen molar-refractivity contribution in [1.82, 2.24) is 14.5 Å². The summed E-state index contributed by atoms with van der Waals surface area (Å²) in [5, 5.41) is 7.14. The number of rotatable bonds is 4. The Morgan fingerprint density at radius 3 is 3.35 bits per heavy atom. The van der Waals surface area contributed by atoms with Crippen LogP contribution in [0, 0.1) is 5.92 Å². The molecule has 2 heterocycles. The lowest BCUT2D eigenvalue weighted by molar-refractivity contribution is 0.113. The Kier molecular flexibility index (Phi) is 4.27. The highest BCUT2D eigenvalue weighted by Gasteiger charge is 2.26. The molecule has 6 nitrogen and oxygen atoms in total. The van der Waals surface area contributed by atoms with Crippen LogP contribution in [-0.2, 0) is 4.74 Å². The minimum atomic E-state index is -0.0740. The molecule has 94 valence electrons. The molecule has 17 heavy (non-hydrogen) atoms. The standard InChI is InChI=1S/C10H16N4O2S/c1-2-16-7-8-3-4-14(6-8)10(15)12-9-5-11-13-17-9/h5,8H,2-4,6-7H2,1H3,(H,12,15). The molecule has 7 heteroatoms. The second-order valence-electron chi connectivity index (χ2n) is 3.97. The Labute approximate surface area is 104 Å². The largest absolute Gasteiger partial charge is 0.381 e. The molecule has 1 aromatic heterocycles. The molecule has 1 aliphatic rings. The number of carbonyl (C=O) groups excluding carboxylic acids is 1. The molecule has 1 aliphatic heterocycles. The van der Waals surface area contributed by atoms with Crippen LogP contribution < -0.4 is 5.32 Å². The van der Waals surface area contributed by atoms with E-state index in [1.165, 1.54) is 11.5 Å². The van der Waals surface area contributed by atoms with Crippen LogP contribution >= 0.6 is 11.5 Å². The maximum Gasteiger partial charge on any atom is 0.322 e. The van der Waals surface area contributed by atoms with Gasteiger partial charge in [-0.05, 0) is 13.3 Å². The minimum absolute atomic E-state index is 0.0740. The summed E-state index contributed by atoms with van der Waals surface area (Å²) in [5.41, 5.74) is 0. The second kappa shape index (κ2) is 5.92. The number of likely N-dealkylation sites (tertiary alicyclic amines) is 1. The van der Waals surface area contributed by atoms with Crippen molar-refractivity contribution in [3.8, 4) is 0 Å². The smallest absolute Gasteiger partial charge is 0.322 e. The van der Waals surface area contributed by atoms with Gasteiger partial charge in [0, 0.05) is 37.1 Å². The summed E-state index contributed by atoms with van der Waals surface area (Å²) in [6, 6.07) is -0.0740. The number of nitrogens with zero attached hydrogens (tertiary/aromatic N) is 3. The average molecular weight is 256 g/mol. The van der Waals surface area contributed by atoms with Gasteiger partial charge in [-0.1, -0.05) is 4.49 Å². The van der Waals surface area contributed by atoms with E-state index in [0.29, 0.717) is 10.9 Å². The van der Waals surface area contributed by atoms with E-state index in [9.17, 15) is 4.79 Å². The van der Waals surface area contributed by atoms with E-state index >= 15 is 0 Å². The van der Waals surface area contributed by atoms with Gasteiger partial charge in [-0.25, -0.2) is 4.79 Å². The van der Waals surface area contributed by atoms with Crippen molar-refractivity contribution in [2.75, 3.05) is 31.6 Å². The number of urea groups is 1. The molecule has 0 radical (unpaired) electrons. The monoisotopic (exact) mass is 256 g/mol. The van der Waals surface area contributed by atoms with E-state index in [4.69, 9.17) is 4.74 Å². The topological polar surface area (TPSA) is 67.3 Å². The third-order valence-electron chi connectivity index (χ3n) is 2.72. The molecule has 0 saturated carbocycles. The highest BCUT2D eigenvalue weighted by atomic mass is 32.1. The first kappa shape index (κ1) is 12.3. The Hall–Kier alpha value is -1.21. The molecule has 1 fully saturated rings. The first-order valence-corrected chi connectivity index (χ1v) is 6.48. The first-order valence-electron chi connectivity index (χ1n) is 5.70. The summed E-state index contributed by atoms with van der Waals surface area (Å²) in [4.78, 5) is 13.7. The fraction of sp³-hybridized carbons (Fsp3) is 0.700. The van der Waals surface area contributed by atoms with Gasteiger partial charge in [0.05, 0.1) is 12.8 Å². The number of carbonyl (C=O) groups is 1. The number of anilines is 1. The molecular weight excluding hydrogens is 240 g/mol. The van der Waals surface area contributed by atoms with Crippen LogP contribution in [0.4, 0.5) is 9.80 Å². The van der Waals surface area contributed by atoms with Crippen LogP contribution in [0.1, 0.15) is 13.3 Å². The molecule has 2 rings (SSSR count). The molecule has 1 unspecified atom stereocenters. The highest BCUT2D eigenvalue weighted by molar-refractivity contribution is 7.10. The van der Waals surface area contributed by atoms with Crippen LogP contribution in [0.25, 0.3) is 0 Å².